The van der Waals surface area contributed by atoms with Crippen LogP contribution in [0.4, 0.5) is 17.6 Å². The van der Waals surface area contributed by atoms with Crippen molar-refractivity contribution in [2.45, 2.75) is 51.6 Å². The van der Waals surface area contributed by atoms with Gasteiger partial charge in [0.05, 0.1) is 6.42 Å². The molecule has 0 unspecified atom stereocenters. The Balaban J connectivity index is 2.28. The molecule has 1 nitrogen and oxygen atoms in total. The topological polar surface area (TPSA) is 12.4 Å². The van der Waals surface area contributed by atoms with E-state index in [1.54, 1.807) is 13.1 Å². The second-order valence-electron chi connectivity index (χ2n) is 7.61. The Kier molecular flexibility index (Phi) is 8.63. The number of allylic oxidation sites excluding steroid dienone is 5. The first-order valence-electron chi connectivity index (χ1n) is 10.2. The molecule has 2 rings (SSSR count). The molecule has 0 saturated heterocycles. The van der Waals surface area contributed by atoms with Gasteiger partial charge in [-0.05, 0) is 74.3 Å². The monoisotopic (exact) mass is 419 g/mol. The molecular weight excluding hydrogens is 390 g/mol. The fraction of sp³-hybridized carbons (Fsp3) is 0.400. The zero-order chi connectivity index (χ0) is 22.3. The van der Waals surface area contributed by atoms with Crippen molar-refractivity contribution in [3.05, 3.63) is 83.9 Å². The molecule has 0 spiro atoms. The normalized spacial score (nSPS) is 16.9. The Bertz CT molecular complexity index is 839. The summed E-state index contributed by atoms with van der Waals surface area (Å²) in [7, 11) is 1.80. The third-order valence-corrected chi connectivity index (χ3v) is 5.50. The van der Waals surface area contributed by atoms with Crippen LogP contribution in [0.25, 0.3) is 0 Å². The zero-order valence-corrected chi connectivity index (χ0v) is 17.7. The van der Waals surface area contributed by atoms with Crippen molar-refractivity contribution in [3.8, 4) is 0 Å². The Morgan fingerprint density at radius 2 is 1.97 bits per heavy atom. The van der Waals surface area contributed by atoms with Gasteiger partial charge in [-0.2, -0.15) is 13.2 Å². The van der Waals surface area contributed by atoms with Gasteiger partial charge in [0.1, 0.15) is 5.82 Å². The van der Waals surface area contributed by atoms with E-state index in [0.29, 0.717) is 30.7 Å². The predicted octanol–water partition coefficient (Wildman–Crippen LogP) is 7.40. The van der Waals surface area contributed by atoms with E-state index in [-0.39, 0.29) is 12.0 Å². The first-order valence-corrected chi connectivity index (χ1v) is 10.2. The molecular formula is C25H29F4N. The number of nitrogens with zero attached hydrogens (tertiary/aromatic N) is 1. The molecule has 30 heavy (non-hydrogen) atoms. The van der Waals surface area contributed by atoms with E-state index >= 15 is 0 Å². The summed E-state index contributed by atoms with van der Waals surface area (Å²) in [4.78, 5) is 4.57. The third-order valence-electron chi connectivity index (χ3n) is 5.50. The minimum absolute atomic E-state index is 0.104. The lowest BCUT2D eigenvalue weighted by molar-refractivity contribution is -0.0928. The maximum Gasteiger partial charge on any atom is 0.396 e. The van der Waals surface area contributed by atoms with Crippen LogP contribution in [0.5, 0.6) is 0 Å². The lowest BCUT2D eigenvalue weighted by atomic mass is 9.75. The molecule has 5 heteroatoms. The summed E-state index contributed by atoms with van der Waals surface area (Å²) in [5.41, 5.74) is 4.46. The average molecular weight is 420 g/mol. The molecule has 0 amide bonds. The first-order chi connectivity index (χ1) is 14.2. The van der Waals surface area contributed by atoms with Gasteiger partial charge >= 0.3 is 6.18 Å². The van der Waals surface area contributed by atoms with E-state index in [2.05, 4.69) is 18.5 Å². The maximum atomic E-state index is 14.4. The summed E-state index contributed by atoms with van der Waals surface area (Å²) < 4.78 is 51.8. The molecule has 162 valence electrons. The van der Waals surface area contributed by atoms with Crippen LogP contribution in [0.3, 0.4) is 0 Å². The molecule has 0 aliphatic heterocycles. The second-order valence-corrected chi connectivity index (χ2v) is 7.61. The van der Waals surface area contributed by atoms with E-state index in [1.807, 2.05) is 13.0 Å². The number of aryl methyl sites for hydroxylation is 1. The lowest BCUT2D eigenvalue weighted by Crippen LogP contribution is -2.25. The van der Waals surface area contributed by atoms with Crippen molar-refractivity contribution < 1.29 is 17.6 Å². The summed E-state index contributed by atoms with van der Waals surface area (Å²) in [5, 5.41) is 0. The van der Waals surface area contributed by atoms with Crippen molar-refractivity contribution in [1.82, 2.24) is 0 Å². The van der Waals surface area contributed by atoms with Crippen molar-refractivity contribution in [2.75, 3.05) is 7.05 Å². The SMILES string of the molecule is [CH2]CC(=C/C=C)/C(C(=NC)C1CCC1)=C(\C)CCc1ccc([CH]C(F)(F)F)cc1F. The first kappa shape index (κ1) is 24.1. The molecule has 1 saturated carbocycles. The molecule has 1 aliphatic carbocycles. The smallest absolute Gasteiger partial charge is 0.292 e. The maximum absolute atomic E-state index is 14.4. The van der Waals surface area contributed by atoms with Crippen LogP contribution in [-0.4, -0.2) is 18.9 Å². The number of hydrogen-bond acceptors (Lipinski definition) is 1. The number of rotatable bonds is 9. The Labute approximate surface area is 177 Å². The van der Waals surface area contributed by atoms with Crippen molar-refractivity contribution in [3.63, 3.8) is 0 Å². The summed E-state index contributed by atoms with van der Waals surface area (Å²) in [6, 6.07) is 3.68. The Morgan fingerprint density at radius 3 is 2.43 bits per heavy atom. The van der Waals surface area contributed by atoms with Crippen LogP contribution in [0.15, 0.2) is 58.6 Å². The van der Waals surface area contributed by atoms with Gasteiger partial charge < -0.3 is 0 Å². The fourth-order valence-electron chi connectivity index (χ4n) is 3.76. The highest BCUT2D eigenvalue weighted by molar-refractivity contribution is 6.06. The minimum Gasteiger partial charge on any atom is -0.292 e. The standard InChI is InChI=1S/C25H29F4N/c1-5-8-19(6-2)23(24(30-4)21-9-7-10-21)17(3)11-13-20-14-12-18(15-22(20)26)16-25(27,28)29/h5,8,12,14-16,21H,1-2,6-7,9-11,13H2,3-4H3/b19-8-,23-17-,30-24?. The van der Waals surface area contributed by atoms with Crippen LogP contribution >= 0.6 is 0 Å². The third kappa shape index (κ3) is 6.41. The highest BCUT2D eigenvalue weighted by Crippen LogP contribution is 2.35. The van der Waals surface area contributed by atoms with Gasteiger partial charge in [-0.15, -0.1) is 0 Å². The molecule has 1 aromatic carbocycles. The van der Waals surface area contributed by atoms with E-state index in [1.165, 1.54) is 18.6 Å². The van der Waals surface area contributed by atoms with Crippen molar-refractivity contribution in [1.29, 1.82) is 0 Å². The summed E-state index contributed by atoms with van der Waals surface area (Å²) >= 11 is 0. The number of hydrogen-bond donors (Lipinski definition) is 0. The fourth-order valence-corrected chi connectivity index (χ4v) is 3.76. The molecule has 2 radical (unpaired) electrons. The number of alkyl halides is 3. The van der Waals surface area contributed by atoms with Gasteiger partial charge in [-0.25, -0.2) is 4.39 Å². The highest BCUT2D eigenvalue weighted by atomic mass is 19.4. The van der Waals surface area contributed by atoms with Gasteiger partial charge in [-0.3, -0.25) is 4.99 Å². The summed E-state index contributed by atoms with van der Waals surface area (Å²) in [6.45, 7) is 9.84. The van der Waals surface area contributed by atoms with Crippen LogP contribution in [0.2, 0.25) is 0 Å². The Morgan fingerprint density at radius 1 is 1.27 bits per heavy atom. The van der Waals surface area contributed by atoms with E-state index in [0.717, 1.165) is 41.3 Å². The van der Waals surface area contributed by atoms with E-state index in [9.17, 15) is 17.6 Å². The molecule has 1 aromatic rings. The minimum atomic E-state index is -4.47. The molecule has 1 fully saturated rings. The molecule has 0 N–H and O–H groups in total. The zero-order valence-electron chi connectivity index (χ0n) is 17.7. The highest BCUT2D eigenvalue weighted by Gasteiger charge is 2.29. The quantitative estimate of drug-likeness (QED) is 0.225. The number of benzene rings is 1. The average Bonchev–Trinajstić information content (AvgIpc) is 2.63. The van der Waals surface area contributed by atoms with Crippen molar-refractivity contribution in [2.24, 2.45) is 10.9 Å². The van der Waals surface area contributed by atoms with Gasteiger partial charge in [-0.1, -0.05) is 42.9 Å². The van der Waals surface area contributed by atoms with Crippen LogP contribution in [-0.2, 0) is 6.42 Å². The molecule has 0 heterocycles. The Hall–Kier alpha value is -2.17. The predicted molar refractivity (Wildman–Crippen MR) is 116 cm³/mol. The van der Waals surface area contributed by atoms with Gasteiger partial charge in [0.25, 0.3) is 0 Å². The summed E-state index contributed by atoms with van der Waals surface area (Å²) in [5.74, 6) is -0.196. The van der Waals surface area contributed by atoms with E-state index < -0.39 is 12.0 Å². The summed E-state index contributed by atoms with van der Waals surface area (Å²) in [6.07, 6.45) is 4.27. The largest absolute Gasteiger partial charge is 0.396 e. The van der Waals surface area contributed by atoms with Gasteiger partial charge in [0, 0.05) is 18.7 Å². The van der Waals surface area contributed by atoms with Crippen LogP contribution in [0.1, 0.15) is 50.2 Å². The molecule has 0 aromatic heterocycles. The number of halogens is 4. The molecule has 0 bridgehead atoms. The second kappa shape index (κ2) is 10.7. The van der Waals surface area contributed by atoms with Crippen LogP contribution in [0, 0.1) is 25.1 Å². The lowest BCUT2D eigenvalue weighted by Gasteiger charge is -2.30. The number of aliphatic imine (C=N–C) groups is 1. The van der Waals surface area contributed by atoms with Crippen LogP contribution < -0.4 is 0 Å². The van der Waals surface area contributed by atoms with Gasteiger partial charge in [0.15, 0.2) is 0 Å². The van der Waals surface area contributed by atoms with Gasteiger partial charge in [0.2, 0.25) is 0 Å². The molecule has 1 aliphatic rings. The van der Waals surface area contributed by atoms with Crippen molar-refractivity contribution >= 4 is 5.71 Å². The van der Waals surface area contributed by atoms with E-state index in [4.69, 9.17) is 0 Å². The molecule has 0 atom stereocenters.